The first kappa shape index (κ1) is 15.9. The van der Waals surface area contributed by atoms with Gasteiger partial charge in [-0.3, -0.25) is 4.79 Å². The second kappa shape index (κ2) is 6.98. The van der Waals surface area contributed by atoms with Gasteiger partial charge in [0.25, 0.3) is 5.91 Å². The summed E-state index contributed by atoms with van der Waals surface area (Å²) in [4.78, 5) is 13.6. The summed E-state index contributed by atoms with van der Waals surface area (Å²) in [6.45, 7) is 1.65. The molecule has 0 spiro atoms. The van der Waals surface area contributed by atoms with Crippen molar-refractivity contribution < 1.29 is 4.79 Å². The first-order valence-corrected chi connectivity index (χ1v) is 7.01. The molecule has 1 aliphatic heterocycles. The highest BCUT2D eigenvalue weighted by atomic mass is 16.1. The maximum absolute atomic E-state index is 11.6. The number of benzene rings is 1. The molecule has 0 atom stereocenters. The lowest BCUT2D eigenvalue weighted by molar-refractivity contribution is 0.100. The summed E-state index contributed by atoms with van der Waals surface area (Å²) < 4.78 is 0. The first-order valence-electron chi connectivity index (χ1n) is 7.01. The topological polar surface area (TPSA) is 130 Å². The number of carbonyl (C=O) groups excluding carboxylic acids is 1. The fraction of sp³-hybridized carbons (Fsp3) is 0.250. The summed E-state index contributed by atoms with van der Waals surface area (Å²) in [6, 6.07) is 10.0. The largest absolute Gasteiger partial charge is 0.371 e. The first-order chi connectivity index (χ1) is 11.1. The van der Waals surface area contributed by atoms with E-state index in [1.165, 1.54) is 0 Å². The van der Waals surface area contributed by atoms with Crippen molar-refractivity contribution >= 4 is 17.3 Å². The van der Waals surface area contributed by atoms with Crippen LogP contribution in [0.2, 0.25) is 0 Å². The summed E-state index contributed by atoms with van der Waals surface area (Å²) in [5.41, 5.74) is 6.59. The van der Waals surface area contributed by atoms with Gasteiger partial charge in [0.05, 0.1) is 11.3 Å². The minimum Gasteiger partial charge on any atom is -0.371 e. The number of hydrogen-bond donors (Lipinski definition) is 2. The monoisotopic (exact) mass is 306 g/mol. The Kier molecular flexibility index (Phi) is 4.82. The van der Waals surface area contributed by atoms with E-state index in [4.69, 9.17) is 21.5 Å². The molecule has 0 aliphatic carbocycles. The van der Waals surface area contributed by atoms with Crippen molar-refractivity contribution in [3.8, 4) is 18.2 Å². The Hall–Kier alpha value is -3.50. The number of rotatable bonds is 4. The van der Waals surface area contributed by atoms with E-state index in [0.717, 1.165) is 25.9 Å². The molecule has 7 nitrogen and oxygen atoms in total. The summed E-state index contributed by atoms with van der Waals surface area (Å²) in [7, 11) is 0. The van der Waals surface area contributed by atoms with Crippen molar-refractivity contribution in [2.24, 2.45) is 5.73 Å². The fourth-order valence-corrected chi connectivity index (χ4v) is 2.46. The number of anilines is 2. The molecule has 114 valence electrons. The molecule has 0 saturated carbocycles. The van der Waals surface area contributed by atoms with Crippen LogP contribution in [0.3, 0.4) is 0 Å². The summed E-state index contributed by atoms with van der Waals surface area (Å²) in [5.74, 6) is -0.524. The average Bonchev–Trinajstić information content (AvgIpc) is 3.09. The van der Waals surface area contributed by atoms with Crippen molar-refractivity contribution in [2.75, 3.05) is 23.3 Å². The van der Waals surface area contributed by atoms with Crippen LogP contribution >= 0.6 is 0 Å². The van der Waals surface area contributed by atoms with E-state index < -0.39 is 5.91 Å². The van der Waals surface area contributed by atoms with E-state index in [2.05, 4.69) is 10.2 Å². The minimum atomic E-state index is -0.524. The number of nitrogens with two attached hydrogens (primary N) is 1. The molecule has 0 aromatic heterocycles. The van der Waals surface area contributed by atoms with Gasteiger partial charge in [0.1, 0.15) is 23.9 Å². The molecule has 1 fully saturated rings. The van der Waals surface area contributed by atoms with E-state index in [1.54, 1.807) is 36.4 Å². The number of nitrogens with one attached hydrogen (secondary N) is 1. The number of carbonyl (C=O) groups is 1. The maximum Gasteiger partial charge on any atom is 0.250 e. The molecule has 1 heterocycles. The lowest BCUT2D eigenvalue weighted by Gasteiger charge is -2.21. The summed E-state index contributed by atoms with van der Waals surface area (Å²) in [6.07, 6.45) is 2.07. The third-order valence-electron chi connectivity index (χ3n) is 3.56. The molecule has 1 aromatic rings. The molecule has 0 radical (unpaired) electrons. The van der Waals surface area contributed by atoms with Crippen LogP contribution in [0.4, 0.5) is 11.4 Å². The van der Waals surface area contributed by atoms with E-state index in [-0.39, 0.29) is 11.3 Å². The molecule has 1 saturated heterocycles. The standard InChI is InChI=1S/C16H14N6O/c17-8-11(9-18)14(10-19)21-12-3-4-13(16(20)23)15(7-12)22-5-1-2-6-22/h3-4,7,21H,1-2,5-6H2,(H2,20,23). The Labute approximate surface area is 133 Å². The van der Waals surface area contributed by atoms with Crippen LogP contribution in [-0.4, -0.2) is 19.0 Å². The van der Waals surface area contributed by atoms with Gasteiger partial charge in [-0.25, -0.2) is 0 Å². The van der Waals surface area contributed by atoms with Crippen molar-refractivity contribution in [3.63, 3.8) is 0 Å². The Morgan fingerprint density at radius 1 is 1.13 bits per heavy atom. The average molecular weight is 306 g/mol. The molecular formula is C16H14N6O. The van der Waals surface area contributed by atoms with Gasteiger partial charge < -0.3 is 16.0 Å². The molecule has 0 unspecified atom stereocenters. The second-order valence-electron chi connectivity index (χ2n) is 5.00. The Balaban J connectivity index is 2.42. The lowest BCUT2D eigenvalue weighted by atomic mass is 10.1. The third kappa shape index (κ3) is 3.40. The van der Waals surface area contributed by atoms with Crippen LogP contribution in [0.5, 0.6) is 0 Å². The Bertz CT molecular complexity index is 768. The van der Waals surface area contributed by atoms with Gasteiger partial charge in [0, 0.05) is 18.8 Å². The molecule has 1 aliphatic rings. The van der Waals surface area contributed by atoms with Crippen molar-refractivity contribution in [1.29, 1.82) is 15.8 Å². The molecular weight excluding hydrogens is 292 g/mol. The number of nitriles is 3. The quantitative estimate of drug-likeness (QED) is 0.813. The van der Waals surface area contributed by atoms with Gasteiger partial charge in [-0.05, 0) is 31.0 Å². The smallest absolute Gasteiger partial charge is 0.250 e. The lowest BCUT2D eigenvalue weighted by Crippen LogP contribution is -2.23. The van der Waals surface area contributed by atoms with Gasteiger partial charge in [0.15, 0.2) is 5.57 Å². The third-order valence-corrected chi connectivity index (χ3v) is 3.56. The molecule has 3 N–H and O–H groups in total. The van der Waals surface area contributed by atoms with Crippen LogP contribution in [0.1, 0.15) is 23.2 Å². The zero-order valence-corrected chi connectivity index (χ0v) is 12.3. The summed E-state index contributed by atoms with van der Waals surface area (Å²) in [5, 5.41) is 29.6. The van der Waals surface area contributed by atoms with Crippen LogP contribution in [0.15, 0.2) is 29.5 Å². The van der Waals surface area contributed by atoms with Crippen LogP contribution in [0, 0.1) is 34.0 Å². The second-order valence-corrected chi connectivity index (χ2v) is 5.00. The van der Waals surface area contributed by atoms with E-state index in [1.807, 2.05) is 0 Å². The van der Waals surface area contributed by atoms with Gasteiger partial charge in [-0.15, -0.1) is 0 Å². The summed E-state index contributed by atoms with van der Waals surface area (Å²) >= 11 is 0. The number of hydrogen-bond acceptors (Lipinski definition) is 6. The van der Waals surface area contributed by atoms with Gasteiger partial charge in [-0.1, -0.05) is 0 Å². The molecule has 1 aromatic carbocycles. The molecule has 0 bridgehead atoms. The fourth-order valence-electron chi connectivity index (χ4n) is 2.46. The van der Waals surface area contributed by atoms with E-state index in [9.17, 15) is 4.79 Å². The van der Waals surface area contributed by atoms with Gasteiger partial charge in [0.2, 0.25) is 0 Å². The molecule has 7 heteroatoms. The molecule has 1 amide bonds. The normalized spacial score (nSPS) is 12.7. The van der Waals surface area contributed by atoms with Crippen molar-refractivity contribution in [2.45, 2.75) is 12.8 Å². The van der Waals surface area contributed by atoms with Crippen LogP contribution < -0.4 is 16.0 Å². The predicted molar refractivity (Wildman–Crippen MR) is 83.9 cm³/mol. The van der Waals surface area contributed by atoms with Gasteiger partial charge >= 0.3 is 0 Å². The Morgan fingerprint density at radius 2 is 1.78 bits per heavy atom. The Morgan fingerprint density at radius 3 is 2.30 bits per heavy atom. The molecule has 23 heavy (non-hydrogen) atoms. The maximum atomic E-state index is 11.6. The predicted octanol–water partition coefficient (Wildman–Crippen LogP) is 1.62. The highest BCUT2D eigenvalue weighted by Crippen LogP contribution is 2.28. The van der Waals surface area contributed by atoms with Crippen LogP contribution in [0.25, 0.3) is 0 Å². The van der Waals surface area contributed by atoms with E-state index in [0.29, 0.717) is 16.9 Å². The van der Waals surface area contributed by atoms with Crippen LogP contribution in [-0.2, 0) is 0 Å². The number of allylic oxidation sites excluding steroid dienone is 2. The SMILES string of the molecule is N#CC(C#N)=C(C#N)Nc1ccc(C(N)=O)c(N2CCCC2)c1. The number of nitrogens with zero attached hydrogens (tertiary/aromatic N) is 4. The highest BCUT2D eigenvalue weighted by Gasteiger charge is 2.19. The highest BCUT2D eigenvalue weighted by molar-refractivity contribution is 5.99. The molecule has 2 rings (SSSR count). The van der Waals surface area contributed by atoms with Gasteiger partial charge in [-0.2, -0.15) is 15.8 Å². The van der Waals surface area contributed by atoms with Crippen molar-refractivity contribution in [3.05, 3.63) is 35.0 Å². The zero-order valence-electron chi connectivity index (χ0n) is 12.3. The number of amides is 1. The number of primary amides is 1. The minimum absolute atomic E-state index is 0.130. The van der Waals surface area contributed by atoms with Crippen molar-refractivity contribution in [1.82, 2.24) is 0 Å². The van der Waals surface area contributed by atoms with E-state index >= 15 is 0 Å². The zero-order chi connectivity index (χ0) is 16.8.